The van der Waals surface area contributed by atoms with Gasteiger partial charge in [-0.15, -0.1) is 0 Å². The van der Waals surface area contributed by atoms with Gasteiger partial charge in [0.05, 0.1) is 11.6 Å². The van der Waals surface area contributed by atoms with E-state index in [0.717, 1.165) is 5.56 Å². The Labute approximate surface area is 112 Å². The van der Waals surface area contributed by atoms with Gasteiger partial charge in [-0.2, -0.15) is 4.73 Å². The Morgan fingerprint density at radius 1 is 1.16 bits per heavy atom. The fourth-order valence-electron chi connectivity index (χ4n) is 1.78. The van der Waals surface area contributed by atoms with Crippen LogP contribution in [0.25, 0.3) is 0 Å². The van der Waals surface area contributed by atoms with E-state index in [4.69, 9.17) is 0 Å². The molecular formula is C15H16N2O2. The second kappa shape index (κ2) is 5.52. The standard InChI is InChI=1S/C15H16N2O2/c1-11-3-5-13(6-4-11)12(2)16-15(18)14-7-9-17(19)10-8-14/h3-10,12H,1-2H3,(H,16,18). The number of hydrogen-bond acceptors (Lipinski definition) is 2. The van der Waals surface area contributed by atoms with Crippen LogP contribution in [0.2, 0.25) is 0 Å². The lowest BCUT2D eigenvalue weighted by Crippen LogP contribution is -2.29. The fraction of sp³-hybridized carbons (Fsp3) is 0.200. The lowest BCUT2D eigenvalue weighted by atomic mass is 10.1. The summed E-state index contributed by atoms with van der Waals surface area (Å²) in [4.78, 5) is 12.0. The Bertz CT molecular complexity index is 562. The molecule has 1 heterocycles. The SMILES string of the molecule is Cc1ccc(C(C)NC(=O)c2cc[n+]([O-])cc2)cc1. The normalized spacial score (nSPS) is 11.9. The maximum Gasteiger partial charge on any atom is 0.252 e. The highest BCUT2D eigenvalue weighted by atomic mass is 16.5. The summed E-state index contributed by atoms with van der Waals surface area (Å²) in [6, 6.07) is 11.0. The van der Waals surface area contributed by atoms with Gasteiger partial charge in [0.1, 0.15) is 0 Å². The van der Waals surface area contributed by atoms with Crippen LogP contribution in [0.5, 0.6) is 0 Å². The van der Waals surface area contributed by atoms with Crippen molar-refractivity contribution < 1.29 is 9.52 Å². The zero-order valence-electron chi connectivity index (χ0n) is 11.0. The molecule has 1 aromatic heterocycles. The number of carbonyl (C=O) groups excluding carboxylic acids is 1. The van der Waals surface area contributed by atoms with Crippen LogP contribution in [-0.4, -0.2) is 5.91 Å². The molecule has 19 heavy (non-hydrogen) atoms. The smallest absolute Gasteiger partial charge is 0.252 e. The summed E-state index contributed by atoms with van der Waals surface area (Å²) in [7, 11) is 0. The van der Waals surface area contributed by atoms with Crippen LogP contribution in [0.4, 0.5) is 0 Å². The highest BCUT2D eigenvalue weighted by Crippen LogP contribution is 2.13. The van der Waals surface area contributed by atoms with Crippen molar-refractivity contribution in [3.05, 3.63) is 70.7 Å². The van der Waals surface area contributed by atoms with Gasteiger partial charge in [-0.3, -0.25) is 4.79 Å². The molecule has 0 aliphatic carbocycles. The van der Waals surface area contributed by atoms with Crippen molar-refractivity contribution in [1.29, 1.82) is 0 Å². The maximum atomic E-state index is 12.0. The predicted molar refractivity (Wildman–Crippen MR) is 72.5 cm³/mol. The van der Waals surface area contributed by atoms with E-state index >= 15 is 0 Å². The van der Waals surface area contributed by atoms with Crippen molar-refractivity contribution >= 4 is 5.91 Å². The van der Waals surface area contributed by atoms with Gasteiger partial charge in [-0.05, 0) is 19.4 Å². The van der Waals surface area contributed by atoms with Crippen LogP contribution in [0.1, 0.15) is 34.5 Å². The van der Waals surface area contributed by atoms with E-state index in [9.17, 15) is 10.0 Å². The Balaban J connectivity index is 2.06. The van der Waals surface area contributed by atoms with E-state index in [0.29, 0.717) is 10.3 Å². The molecule has 0 fully saturated rings. The molecule has 2 rings (SSSR count). The second-order valence-electron chi connectivity index (χ2n) is 4.55. The Hall–Kier alpha value is -2.36. The van der Waals surface area contributed by atoms with Gasteiger partial charge in [0, 0.05) is 12.1 Å². The van der Waals surface area contributed by atoms with E-state index in [1.54, 1.807) is 0 Å². The molecule has 1 unspecified atom stereocenters. The number of pyridine rings is 1. The van der Waals surface area contributed by atoms with Gasteiger partial charge in [-0.1, -0.05) is 29.8 Å². The summed E-state index contributed by atoms with van der Waals surface area (Å²) in [6.45, 7) is 3.95. The highest BCUT2D eigenvalue weighted by Gasteiger charge is 2.11. The largest absolute Gasteiger partial charge is 0.619 e. The van der Waals surface area contributed by atoms with E-state index in [1.807, 2.05) is 38.1 Å². The molecule has 1 N–H and O–H groups in total. The van der Waals surface area contributed by atoms with Crippen molar-refractivity contribution in [2.75, 3.05) is 0 Å². The van der Waals surface area contributed by atoms with Gasteiger partial charge in [0.15, 0.2) is 12.4 Å². The Kier molecular flexibility index (Phi) is 3.80. The third kappa shape index (κ3) is 3.31. The van der Waals surface area contributed by atoms with E-state index in [1.165, 1.54) is 30.1 Å². The number of hydrogen-bond donors (Lipinski definition) is 1. The summed E-state index contributed by atoms with van der Waals surface area (Å²) in [5, 5.41) is 13.8. The van der Waals surface area contributed by atoms with Crippen LogP contribution in [0.15, 0.2) is 48.8 Å². The summed E-state index contributed by atoms with van der Waals surface area (Å²) in [5.74, 6) is -0.186. The van der Waals surface area contributed by atoms with Crippen LogP contribution in [0, 0.1) is 12.1 Å². The quantitative estimate of drug-likeness (QED) is 0.675. The molecule has 2 aromatic rings. The van der Waals surface area contributed by atoms with Gasteiger partial charge in [0.25, 0.3) is 5.91 Å². The van der Waals surface area contributed by atoms with Crippen molar-refractivity contribution in [3.8, 4) is 0 Å². The van der Waals surface area contributed by atoms with Crippen molar-refractivity contribution in [3.63, 3.8) is 0 Å². The molecule has 1 amide bonds. The van der Waals surface area contributed by atoms with Gasteiger partial charge in [0.2, 0.25) is 0 Å². The Morgan fingerprint density at radius 3 is 2.32 bits per heavy atom. The minimum absolute atomic E-state index is 0.0762. The molecule has 1 atom stereocenters. The monoisotopic (exact) mass is 256 g/mol. The number of benzene rings is 1. The fourth-order valence-corrected chi connectivity index (χ4v) is 1.78. The van der Waals surface area contributed by atoms with E-state index in [-0.39, 0.29) is 11.9 Å². The molecule has 0 saturated heterocycles. The number of nitrogens with zero attached hydrogens (tertiary/aromatic N) is 1. The summed E-state index contributed by atoms with van der Waals surface area (Å²) in [6.07, 6.45) is 2.62. The lowest BCUT2D eigenvalue weighted by Gasteiger charge is -2.14. The van der Waals surface area contributed by atoms with E-state index < -0.39 is 0 Å². The summed E-state index contributed by atoms with van der Waals surface area (Å²) < 4.78 is 0.653. The average molecular weight is 256 g/mol. The molecule has 0 aliphatic heterocycles. The van der Waals surface area contributed by atoms with Crippen LogP contribution < -0.4 is 10.0 Å². The molecule has 1 aromatic carbocycles. The predicted octanol–water partition coefficient (Wildman–Crippen LogP) is 2.12. The molecule has 0 saturated carbocycles. The number of nitrogens with one attached hydrogen (secondary N) is 1. The summed E-state index contributed by atoms with van der Waals surface area (Å²) >= 11 is 0. The van der Waals surface area contributed by atoms with Crippen LogP contribution in [0.3, 0.4) is 0 Å². The third-order valence-electron chi connectivity index (χ3n) is 2.99. The number of aryl methyl sites for hydroxylation is 1. The minimum atomic E-state index is -0.186. The Morgan fingerprint density at radius 2 is 1.74 bits per heavy atom. The minimum Gasteiger partial charge on any atom is -0.619 e. The zero-order chi connectivity index (χ0) is 13.8. The van der Waals surface area contributed by atoms with E-state index in [2.05, 4.69) is 5.32 Å². The molecule has 0 bridgehead atoms. The zero-order valence-corrected chi connectivity index (χ0v) is 11.0. The first-order chi connectivity index (χ1) is 9.06. The number of carbonyl (C=O) groups is 1. The number of aromatic nitrogens is 1. The first kappa shape index (κ1) is 13.1. The average Bonchev–Trinajstić information content (AvgIpc) is 2.40. The first-order valence-corrected chi connectivity index (χ1v) is 6.12. The lowest BCUT2D eigenvalue weighted by molar-refractivity contribution is -0.605. The van der Waals surface area contributed by atoms with Crippen LogP contribution in [-0.2, 0) is 0 Å². The molecule has 98 valence electrons. The summed E-state index contributed by atoms with van der Waals surface area (Å²) in [5.41, 5.74) is 2.71. The second-order valence-corrected chi connectivity index (χ2v) is 4.55. The van der Waals surface area contributed by atoms with Gasteiger partial charge >= 0.3 is 0 Å². The molecule has 0 spiro atoms. The number of amides is 1. The third-order valence-corrected chi connectivity index (χ3v) is 2.99. The molecule has 0 aliphatic rings. The van der Waals surface area contributed by atoms with Gasteiger partial charge < -0.3 is 10.5 Å². The molecule has 4 heteroatoms. The van der Waals surface area contributed by atoms with Gasteiger partial charge in [-0.25, -0.2) is 0 Å². The van der Waals surface area contributed by atoms with Crippen molar-refractivity contribution in [1.82, 2.24) is 5.32 Å². The first-order valence-electron chi connectivity index (χ1n) is 6.12. The van der Waals surface area contributed by atoms with Crippen molar-refractivity contribution in [2.24, 2.45) is 0 Å². The maximum absolute atomic E-state index is 12.0. The van der Waals surface area contributed by atoms with Crippen LogP contribution >= 0.6 is 0 Å². The number of rotatable bonds is 3. The molecule has 0 radical (unpaired) electrons. The molecule has 4 nitrogen and oxygen atoms in total. The van der Waals surface area contributed by atoms with Crippen molar-refractivity contribution in [2.45, 2.75) is 19.9 Å². The highest BCUT2D eigenvalue weighted by molar-refractivity contribution is 5.94. The molecular weight excluding hydrogens is 240 g/mol. The topological polar surface area (TPSA) is 56.0 Å².